The average Bonchev–Trinajstić information content (AvgIpc) is 2.19. The first-order valence-electron chi connectivity index (χ1n) is 4.63. The number of unbranched alkanes of at least 4 members (excludes halogenated alkanes) is 2. The van der Waals surface area contributed by atoms with Crippen molar-refractivity contribution in [1.82, 2.24) is 5.32 Å². The van der Waals surface area contributed by atoms with Gasteiger partial charge in [0.2, 0.25) is 5.91 Å². The number of nitrogens with one attached hydrogen (secondary N) is 1. The highest BCUT2D eigenvalue weighted by Gasteiger charge is 2.14. The second-order valence-electron chi connectivity index (χ2n) is 2.87. The smallest absolute Gasteiger partial charge is 0.250 e. The summed E-state index contributed by atoms with van der Waals surface area (Å²) < 4.78 is 4.85. The predicted molar refractivity (Wildman–Crippen MR) is 52.3 cm³/mol. The zero-order chi connectivity index (χ0) is 10.8. The molecule has 3 N–H and O–H groups in total. The standard InChI is InChI=1S/C9H17N3O2/c1-14-8(7-11)9(13)12-6-4-2-3-5-10/h8H,2-4,6-7,11H2,1H3,(H,12,13). The summed E-state index contributed by atoms with van der Waals surface area (Å²) in [5.74, 6) is -0.188. The summed E-state index contributed by atoms with van der Waals surface area (Å²) in [6.07, 6.45) is 1.57. The molecule has 0 bridgehead atoms. The van der Waals surface area contributed by atoms with Gasteiger partial charge in [0.15, 0.2) is 0 Å². The summed E-state index contributed by atoms with van der Waals surface area (Å²) in [5.41, 5.74) is 5.31. The minimum atomic E-state index is -0.564. The van der Waals surface area contributed by atoms with Gasteiger partial charge in [-0.3, -0.25) is 4.79 Å². The van der Waals surface area contributed by atoms with Crippen LogP contribution in [0.25, 0.3) is 0 Å². The van der Waals surface area contributed by atoms with E-state index < -0.39 is 6.10 Å². The van der Waals surface area contributed by atoms with E-state index >= 15 is 0 Å². The van der Waals surface area contributed by atoms with Gasteiger partial charge in [0.25, 0.3) is 0 Å². The molecule has 0 aromatic rings. The highest BCUT2D eigenvalue weighted by atomic mass is 16.5. The maximum atomic E-state index is 11.3. The van der Waals surface area contributed by atoms with Crippen LogP contribution in [0.3, 0.4) is 0 Å². The molecule has 0 saturated carbocycles. The van der Waals surface area contributed by atoms with Crippen molar-refractivity contribution in [1.29, 1.82) is 5.26 Å². The second-order valence-corrected chi connectivity index (χ2v) is 2.87. The first kappa shape index (κ1) is 12.9. The van der Waals surface area contributed by atoms with Crippen LogP contribution < -0.4 is 11.1 Å². The van der Waals surface area contributed by atoms with Crippen molar-refractivity contribution in [2.45, 2.75) is 25.4 Å². The van der Waals surface area contributed by atoms with E-state index in [1.807, 2.05) is 6.07 Å². The molecular formula is C9H17N3O2. The minimum Gasteiger partial charge on any atom is -0.370 e. The van der Waals surface area contributed by atoms with Gasteiger partial charge in [0.1, 0.15) is 6.10 Å². The van der Waals surface area contributed by atoms with Gasteiger partial charge < -0.3 is 15.8 Å². The van der Waals surface area contributed by atoms with E-state index in [-0.39, 0.29) is 12.5 Å². The van der Waals surface area contributed by atoms with E-state index in [0.29, 0.717) is 13.0 Å². The normalized spacial score (nSPS) is 11.8. The summed E-state index contributed by atoms with van der Waals surface area (Å²) in [6, 6.07) is 2.04. The molecule has 0 spiro atoms. The van der Waals surface area contributed by atoms with Crippen molar-refractivity contribution in [2.75, 3.05) is 20.2 Å². The molecule has 0 heterocycles. The lowest BCUT2D eigenvalue weighted by atomic mass is 10.2. The molecule has 0 aliphatic carbocycles. The number of hydrogen-bond acceptors (Lipinski definition) is 4. The number of rotatable bonds is 7. The largest absolute Gasteiger partial charge is 0.370 e. The van der Waals surface area contributed by atoms with Crippen molar-refractivity contribution in [3.63, 3.8) is 0 Å². The minimum absolute atomic E-state index is 0.181. The fourth-order valence-corrected chi connectivity index (χ4v) is 0.965. The molecule has 0 fully saturated rings. The first-order chi connectivity index (χ1) is 6.76. The van der Waals surface area contributed by atoms with E-state index in [4.69, 9.17) is 15.7 Å². The molecule has 0 aromatic heterocycles. The Morgan fingerprint density at radius 3 is 2.86 bits per heavy atom. The van der Waals surface area contributed by atoms with Gasteiger partial charge in [-0.05, 0) is 12.8 Å². The fourth-order valence-electron chi connectivity index (χ4n) is 0.965. The third-order valence-electron chi connectivity index (χ3n) is 1.81. The number of ether oxygens (including phenoxy) is 1. The SMILES string of the molecule is COC(CN)C(=O)NCCCCC#N. The molecule has 5 nitrogen and oxygen atoms in total. The van der Waals surface area contributed by atoms with Crippen LogP contribution >= 0.6 is 0 Å². The Hall–Kier alpha value is -1.12. The highest BCUT2D eigenvalue weighted by Crippen LogP contribution is 1.92. The molecule has 0 saturated heterocycles. The van der Waals surface area contributed by atoms with E-state index in [1.54, 1.807) is 0 Å². The molecular weight excluding hydrogens is 182 g/mol. The topological polar surface area (TPSA) is 88.1 Å². The van der Waals surface area contributed by atoms with Crippen LogP contribution in [0, 0.1) is 11.3 Å². The van der Waals surface area contributed by atoms with Crippen LogP contribution in [0.4, 0.5) is 0 Å². The van der Waals surface area contributed by atoms with Gasteiger partial charge in [-0.25, -0.2) is 0 Å². The summed E-state index contributed by atoms with van der Waals surface area (Å²) in [5, 5.41) is 11.0. The zero-order valence-corrected chi connectivity index (χ0v) is 8.45. The van der Waals surface area contributed by atoms with E-state index in [2.05, 4.69) is 5.32 Å². The lowest BCUT2D eigenvalue weighted by Crippen LogP contribution is -2.40. The number of carbonyl (C=O) groups excluding carboxylic acids is 1. The fraction of sp³-hybridized carbons (Fsp3) is 0.778. The van der Waals surface area contributed by atoms with Gasteiger partial charge in [-0.2, -0.15) is 5.26 Å². The third kappa shape index (κ3) is 5.51. The van der Waals surface area contributed by atoms with E-state index in [0.717, 1.165) is 12.8 Å². The number of methoxy groups -OCH3 is 1. The Balaban J connectivity index is 3.48. The Kier molecular flexibility index (Phi) is 7.80. The van der Waals surface area contributed by atoms with Crippen LogP contribution in [0.1, 0.15) is 19.3 Å². The Labute approximate surface area is 84.2 Å². The molecule has 1 unspecified atom stereocenters. The summed E-state index contributed by atoms with van der Waals surface area (Å²) in [4.78, 5) is 11.3. The predicted octanol–water partition coefficient (Wildman–Crippen LogP) is -0.230. The molecule has 0 rings (SSSR count). The van der Waals surface area contributed by atoms with Crippen molar-refractivity contribution in [3.05, 3.63) is 0 Å². The zero-order valence-electron chi connectivity index (χ0n) is 8.45. The molecule has 0 aromatic carbocycles. The van der Waals surface area contributed by atoms with Gasteiger partial charge in [0.05, 0.1) is 6.07 Å². The molecule has 5 heteroatoms. The number of carbonyl (C=O) groups is 1. The molecule has 0 aliphatic heterocycles. The van der Waals surface area contributed by atoms with E-state index in [1.165, 1.54) is 7.11 Å². The monoisotopic (exact) mass is 199 g/mol. The lowest BCUT2D eigenvalue weighted by molar-refractivity contribution is -0.130. The maximum Gasteiger partial charge on any atom is 0.250 e. The molecule has 80 valence electrons. The van der Waals surface area contributed by atoms with Crippen molar-refractivity contribution in [2.24, 2.45) is 5.73 Å². The quantitative estimate of drug-likeness (QED) is 0.554. The first-order valence-corrected chi connectivity index (χ1v) is 4.63. The number of hydrogen-bond donors (Lipinski definition) is 2. The summed E-state index contributed by atoms with van der Waals surface area (Å²) in [7, 11) is 1.45. The Morgan fingerprint density at radius 2 is 2.36 bits per heavy atom. The molecule has 14 heavy (non-hydrogen) atoms. The van der Waals surface area contributed by atoms with Crippen molar-refractivity contribution < 1.29 is 9.53 Å². The summed E-state index contributed by atoms with van der Waals surface area (Å²) >= 11 is 0. The third-order valence-corrected chi connectivity index (χ3v) is 1.81. The molecule has 1 amide bonds. The number of amides is 1. The molecule has 0 aliphatic rings. The van der Waals surface area contributed by atoms with Crippen molar-refractivity contribution >= 4 is 5.91 Å². The van der Waals surface area contributed by atoms with Gasteiger partial charge >= 0.3 is 0 Å². The molecule has 1 atom stereocenters. The highest BCUT2D eigenvalue weighted by molar-refractivity contribution is 5.80. The Bertz CT molecular complexity index is 197. The average molecular weight is 199 g/mol. The van der Waals surface area contributed by atoms with Crippen LogP contribution in [0.2, 0.25) is 0 Å². The number of nitrogens with two attached hydrogens (primary N) is 1. The lowest BCUT2D eigenvalue weighted by Gasteiger charge is -2.12. The summed E-state index contributed by atoms with van der Waals surface area (Å²) in [6.45, 7) is 0.751. The van der Waals surface area contributed by atoms with Crippen molar-refractivity contribution in [3.8, 4) is 6.07 Å². The Morgan fingerprint density at radius 1 is 1.64 bits per heavy atom. The maximum absolute atomic E-state index is 11.3. The number of nitrogens with zero attached hydrogens (tertiary/aromatic N) is 1. The second kappa shape index (κ2) is 8.48. The van der Waals surface area contributed by atoms with Crippen LogP contribution in [0.15, 0.2) is 0 Å². The van der Waals surface area contributed by atoms with Crippen LogP contribution in [-0.4, -0.2) is 32.2 Å². The van der Waals surface area contributed by atoms with Crippen LogP contribution in [-0.2, 0) is 9.53 Å². The van der Waals surface area contributed by atoms with Gasteiger partial charge in [-0.15, -0.1) is 0 Å². The number of nitriles is 1. The molecule has 0 radical (unpaired) electrons. The van der Waals surface area contributed by atoms with Gasteiger partial charge in [0, 0.05) is 26.6 Å². The van der Waals surface area contributed by atoms with Gasteiger partial charge in [-0.1, -0.05) is 0 Å². The van der Waals surface area contributed by atoms with E-state index in [9.17, 15) is 4.79 Å². The van der Waals surface area contributed by atoms with Crippen LogP contribution in [0.5, 0.6) is 0 Å².